The van der Waals surface area contributed by atoms with Gasteiger partial charge < -0.3 is 5.32 Å². The van der Waals surface area contributed by atoms with Gasteiger partial charge >= 0.3 is 0 Å². The molecule has 2 aromatic heterocycles. The Kier molecular flexibility index (Phi) is 7.26. The summed E-state index contributed by atoms with van der Waals surface area (Å²) in [6.07, 6.45) is 0. The molecule has 0 fully saturated rings. The summed E-state index contributed by atoms with van der Waals surface area (Å²) >= 11 is 19.0. The summed E-state index contributed by atoms with van der Waals surface area (Å²) in [5, 5.41) is 5.50. The normalized spacial score (nSPS) is 11.1. The Labute approximate surface area is 234 Å². The number of ketones is 1. The molecular formula is C30H22Cl3N3O2. The van der Waals surface area contributed by atoms with Crippen LogP contribution in [0.25, 0.3) is 33.4 Å². The summed E-state index contributed by atoms with van der Waals surface area (Å²) < 4.78 is 1.40. The Bertz CT molecular complexity index is 1750. The first-order valence-electron chi connectivity index (χ1n) is 11.8. The highest BCUT2D eigenvalue weighted by Crippen LogP contribution is 2.39. The zero-order chi connectivity index (χ0) is 27.0. The van der Waals surface area contributed by atoms with Gasteiger partial charge in [0.15, 0.2) is 5.78 Å². The minimum atomic E-state index is -0.430. The predicted molar refractivity (Wildman–Crippen MR) is 157 cm³/mol. The molecule has 5 rings (SSSR count). The molecule has 0 aliphatic heterocycles. The molecule has 1 N–H and O–H groups in total. The number of rotatable bonds is 6. The number of fused-ring (bicyclic) bond motifs is 1. The van der Waals surface area contributed by atoms with E-state index in [-0.39, 0.29) is 11.3 Å². The quantitative estimate of drug-likeness (QED) is 0.213. The maximum absolute atomic E-state index is 13.4. The van der Waals surface area contributed by atoms with Gasteiger partial charge in [-0.1, -0.05) is 77.3 Å². The number of nitrogens with one attached hydrogen (secondary N) is 1. The summed E-state index contributed by atoms with van der Waals surface area (Å²) in [6, 6.07) is 24.3. The van der Waals surface area contributed by atoms with E-state index in [9.17, 15) is 9.59 Å². The first kappa shape index (κ1) is 26.0. The molecule has 0 aliphatic rings. The lowest BCUT2D eigenvalue weighted by Crippen LogP contribution is -2.26. The molecule has 0 unspecified atom stereocenters. The van der Waals surface area contributed by atoms with Gasteiger partial charge in [0, 0.05) is 40.2 Å². The molecule has 0 radical (unpaired) electrons. The number of halogens is 3. The Morgan fingerprint density at radius 3 is 2.24 bits per heavy atom. The predicted octanol–water partition coefficient (Wildman–Crippen LogP) is 8.04. The molecule has 0 atom stereocenters. The topological polar surface area (TPSA) is 64.0 Å². The second-order valence-corrected chi connectivity index (χ2v) is 10.2. The minimum absolute atomic E-state index is 0.0806. The van der Waals surface area contributed by atoms with Crippen LogP contribution in [0, 0.1) is 0 Å². The van der Waals surface area contributed by atoms with Gasteiger partial charge in [-0.2, -0.15) is 0 Å². The number of hydrogen-bond acceptors (Lipinski definition) is 4. The van der Waals surface area contributed by atoms with E-state index in [2.05, 4.69) is 5.32 Å². The Morgan fingerprint density at radius 1 is 0.895 bits per heavy atom. The van der Waals surface area contributed by atoms with Crippen molar-refractivity contribution in [3.05, 3.63) is 115 Å². The number of nitrogens with zero attached hydrogens (tertiary/aromatic N) is 2. The molecule has 5 aromatic rings. The molecule has 0 bridgehead atoms. The lowest BCUT2D eigenvalue weighted by Gasteiger charge is -2.19. The van der Waals surface area contributed by atoms with Crippen molar-refractivity contribution in [3.8, 4) is 22.4 Å². The van der Waals surface area contributed by atoms with Crippen LogP contribution in [0.3, 0.4) is 0 Å². The van der Waals surface area contributed by atoms with E-state index in [1.807, 2.05) is 48.5 Å². The first-order valence-corrected chi connectivity index (χ1v) is 13.0. The molecule has 0 saturated carbocycles. The van der Waals surface area contributed by atoms with Crippen LogP contribution < -0.4 is 10.9 Å². The van der Waals surface area contributed by atoms with Gasteiger partial charge in [-0.15, -0.1) is 0 Å². The van der Waals surface area contributed by atoms with Crippen LogP contribution in [0.1, 0.15) is 22.8 Å². The van der Waals surface area contributed by atoms with Crippen molar-refractivity contribution < 1.29 is 4.79 Å². The first-order chi connectivity index (χ1) is 18.2. The zero-order valence-corrected chi connectivity index (χ0v) is 22.8. The molecule has 3 aromatic carbocycles. The van der Waals surface area contributed by atoms with Crippen LogP contribution in [0.5, 0.6) is 0 Å². The van der Waals surface area contributed by atoms with Gasteiger partial charge in [-0.05, 0) is 54.4 Å². The molecule has 0 saturated heterocycles. The molecule has 190 valence electrons. The highest BCUT2D eigenvalue weighted by atomic mass is 35.5. The summed E-state index contributed by atoms with van der Waals surface area (Å²) in [4.78, 5) is 31.1. The van der Waals surface area contributed by atoms with Gasteiger partial charge in [0.2, 0.25) is 0 Å². The van der Waals surface area contributed by atoms with E-state index in [4.69, 9.17) is 39.8 Å². The lowest BCUT2D eigenvalue weighted by molar-refractivity contribution is 0.101. The maximum Gasteiger partial charge on any atom is 0.264 e. The second kappa shape index (κ2) is 10.6. The molecule has 0 amide bonds. The van der Waals surface area contributed by atoms with Gasteiger partial charge in [0.1, 0.15) is 11.2 Å². The van der Waals surface area contributed by atoms with Crippen LogP contribution in [0.15, 0.2) is 83.7 Å². The lowest BCUT2D eigenvalue weighted by atomic mass is 9.96. The summed E-state index contributed by atoms with van der Waals surface area (Å²) in [6.45, 7) is 1.82. The van der Waals surface area contributed by atoms with E-state index in [1.54, 1.807) is 37.4 Å². The van der Waals surface area contributed by atoms with E-state index in [0.717, 1.165) is 16.7 Å². The van der Waals surface area contributed by atoms with E-state index in [1.165, 1.54) is 11.5 Å². The SMILES string of the molecule is CC(=O)c1c(NCc2ccccc2)c2cc(-c3ccc(Cl)cc3)c(-c3ccc(Cl)cc3Cl)nc2n(C)c1=O. The number of anilines is 1. The molecule has 5 nitrogen and oxygen atoms in total. The van der Waals surface area contributed by atoms with Crippen molar-refractivity contribution in [2.75, 3.05) is 5.32 Å². The number of Topliss-reactive ketones (excluding diaryl/α,β-unsaturated/α-hetero) is 1. The third-order valence-corrected chi connectivity index (χ3v) is 7.16. The van der Waals surface area contributed by atoms with E-state index >= 15 is 0 Å². The number of aromatic nitrogens is 2. The largest absolute Gasteiger partial charge is 0.380 e. The number of pyridine rings is 2. The monoisotopic (exact) mass is 561 g/mol. The highest BCUT2D eigenvalue weighted by molar-refractivity contribution is 6.36. The summed E-state index contributed by atoms with van der Waals surface area (Å²) in [7, 11) is 1.61. The van der Waals surface area contributed by atoms with Gasteiger partial charge in [0.05, 0.1) is 16.4 Å². The van der Waals surface area contributed by atoms with Crippen molar-refractivity contribution in [2.24, 2.45) is 7.05 Å². The third kappa shape index (κ3) is 4.93. The number of hydrogen-bond donors (Lipinski definition) is 1. The molecule has 0 spiro atoms. The minimum Gasteiger partial charge on any atom is -0.380 e. The van der Waals surface area contributed by atoms with Crippen molar-refractivity contribution in [1.82, 2.24) is 9.55 Å². The average molecular weight is 563 g/mol. The fraction of sp³-hybridized carbons (Fsp3) is 0.100. The number of carbonyl (C=O) groups is 1. The van der Waals surface area contributed by atoms with Crippen molar-refractivity contribution >= 4 is 57.3 Å². The van der Waals surface area contributed by atoms with Crippen LogP contribution in [0.2, 0.25) is 15.1 Å². The average Bonchev–Trinajstić information content (AvgIpc) is 2.90. The number of carbonyl (C=O) groups excluding carboxylic acids is 1. The van der Waals surface area contributed by atoms with Gasteiger partial charge in [0.25, 0.3) is 5.56 Å². The van der Waals surface area contributed by atoms with E-state index in [0.29, 0.717) is 49.6 Å². The standard InChI is InChI=1S/C30H22Cl3N3O2/c1-17(37)26-28(34-16-18-6-4-3-5-7-18)24-15-23(19-8-10-20(31)11-9-19)27(35-29(24)36(2)30(26)38)22-13-12-21(32)14-25(22)33/h3-15,34H,16H2,1-2H3. The van der Waals surface area contributed by atoms with E-state index < -0.39 is 5.56 Å². The number of aryl methyl sites for hydroxylation is 1. The van der Waals surface area contributed by atoms with Crippen molar-refractivity contribution in [1.29, 1.82) is 0 Å². The molecule has 2 heterocycles. The van der Waals surface area contributed by atoms with Gasteiger partial charge in [-0.25, -0.2) is 4.98 Å². The van der Waals surface area contributed by atoms with Crippen molar-refractivity contribution in [2.45, 2.75) is 13.5 Å². The fourth-order valence-corrected chi connectivity index (χ4v) is 5.11. The van der Waals surface area contributed by atoms with Crippen LogP contribution >= 0.6 is 34.8 Å². The second-order valence-electron chi connectivity index (χ2n) is 8.90. The smallest absolute Gasteiger partial charge is 0.264 e. The zero-order valence-electron chi connectivity index (χ0n) is 20.6. The molecular weight excluding hydrogens is 541 g/mol. The maximum atomic E-state index is 13.4. The van der Waals surface area contributed by atoms with Crippen LogP contribution in [-0.2, 0) is 13.6 Å². The Balaban J connectivity index is 1.84. The fourth-order valence-electron chi connectivity index (χ4n) is 4.48. The summed E-state index contributed by atoms with van der Waals surface area (Å²) in [5.41, 5.74) is 4.34. The van der Waals surface area contributed by atoms with Crippen LogP contribution in [0.4, 0.5) is 5.69 Å². The Hall–Kier alpha value is -3.64. The molecule has 8 heteroatoms. The van der Waals surface area contributed by atoms with Crippen LogP contribution in [-0.4, -0.2) is 15.3 Å². The molecule has 38 heavy (non-hydrogen) atoms. The Morgan fingerprint density at radius 2 is 1.58 bits per heavy atom. The highest BCUT2D eigenvalue weighted by Gasteiger charge is 2.23. The summed E-state index contributed by atoms with van der Waals surface area (Å²) in [5.74, 6) is -0.332. The molecule has 0 aliphatic carbocycles. The third-order valence-electron chi connectivity index (χ3n) is 6.36. The van der Waals surface area contributed by atoms with Gasteiger partial charge in [-0.3, -0.25) is 14.2 Å². The van der Waals surface area contributed by atoms with Crippen molar-refractivity contribution in [3.63, 3.8) is 0 Å². The number of benzene rings is 3.